The minimum absolute atomic E-state index is 0.157. The average Bonchev–Trinajstić information content (AvgIpc) is 3.53. The van der Waals surface area contributed by atoms with E-state index in [1.165, 1.54) is 10.4 Å². The number of aromatic nitrogens is 1. The lowest BCUT2D eigenvalue weighted by Gasteiger charge is -2.30. The maximum absolute atomic E-state index is 13.2. The molecule has 4 aromatic rings. The van der Waals surface area contributed by atoms with Crippen molar-refractivity contribution in [3.8, 4) is 22.1 Å². The molecule has 0 atom stereocenters. The molecule has 2 aromatic carbocycles. The first-order valence-electron chi connectivity index (χ1n) is 11.0. The monoisotopic (exact) mass is 477 g/mol. The number of para-hydroxylation sites is 1. The first kappa shape index (κ1) is 20.7. The molecular formula is C25H23N3O3S2. The van der Waals surface area contributed by atoms with Gasteiger partial charge in [0.25, 0.3) is 5.91 Å². The van der Waals surface area contributed by atoms with E-state index in [0.717, 1.165) is 45.3 Å². The molecule has 4 heterocycles. The topological polar surface area (TPSA) is 63.7 Å². The third kappa shape index (κ3) is 3.68. The molecule has 8 heteroatoms. The molecule has 0 unspecified atom stereocenters. The van der Waals surface area contributed by atoms with E-state index in [1.807, 2.05) is 18.2 Å². The lowest BCUT2D eigenvalue weighted by molar-refractivity contribution is 0.102. The number of thiazole rings is 1. The Morgan fingerprint density at radius 1 is 1.12 bits per heavy atom. The van der Waals surface area contributed by atoms with Crippen molar-refractivity contribution in [1.82, 2.24) is 9.88 Å². The van der Waals surface area contributed by atoms with E-state index in [0.29, 0.717) is 23.1 Å². The third-order valence-electron chi connectivity index (χ3n) is 6.19. The molecule has 6 rings (SSSR count). The van der Waals surface area contributed by atoms with E-state index < -0.39 is 0 Å². The predicted octanol–water partition coefficient (Wildman–Crippen LogP) is 5.77. The summed E-state index contributed by atoms with van der Waals surface area (Å²) in [6, 6.07) is 14.0. The largest absolute Gasteiger partial charge is 0.454 e. The maximum atomic E-state index is 13.2. The zero-order chi connectivity index (χ0) is 22.5. The summed E-state index contributed by atoms with van der Waals surface area (Å²) in [6.45, 7) is 6.56. The van der Waals surface area contributed by atoms with Crippen molar-refractivity contribution in [3.05, 3.63) is 58.5 Å². The van der Waals surface area contributed by atoms with Crippen LogP contribution in [0.4, 0.5) is 5.00 Å². The summed E-state index contributed by atoms with van der Waals surface area (Å²) in [5.74, 6) is 1.11. The van der Waals surface area contributed by atoms with Crippen LogP contribution in [0.2, 0.25) is 0 Å². The van der Waals surface area contributed by atoms with Gasteiger partial charge in [-0.3, -0.25) is 9.69 Å². The molecule has 33 heavy (non-hydrogen) atoms. The highest BCUT2D eigenvalue weighted by Gasteiger charge is 2.29. The molecule has 0 aliphatic carbocycles. The number of ether oxygens (including phenoxy) is 2. The fourth-order valence-electron chi connectivity index (χ4n) is 4.37. The van der Waals surface area contributed by atoms with Crippen LogP contribution in [-0.4, -0.2) is 35.2 Å². The van der Waals surface area contributed by atoms with Crippen molar-refractivity contribution >= 4 is 43.8 Å². The first-order chi connectivity index (χ1) is 16.1. The van der Waals surface area contributed by atoms with Crippen LogP contribution >= 0.6 is 22.7 Å². The number of anilines is 1. The molecule has 0 fully saturated rings. The molecule has 2 aromatic heterocycles. The van der Waals surface area contributed by atoms with Gasteiger partial charge in [-0.25, -0.2) is 4.98 Å². The van der Waals surface area contributed by atoms with Gasteiger partial charge in [-0.2, -0.15) is 0 Å². The van der Waals surface area contributed by atoms with Crippen LogP contribution in [0, 0.1) is 0 Å². The number of hydrogen-bond acceptors (Lipinski definition) is 7. The van der Waals surface area contributed by atoms with E-state index in [-0.39, 0.29) is 12.7 Å². The molecular weight excluding hydrogens is 454 g/mol. The van der Waals surface area contributed by atoms with Crippen molar-refractivity contribution < 1.29 is 14.3 Å². The van der Waals surface area contributed by atoms with Gasteiger partial charge in [-0.1, -0.05) is 12.1 Å². The molecule has 0 radical (unpaired) electrons. The summed E-state index contributed by atoms with van der Waals surface area (Å²) < 4.78 is 12.0. The zero-order valence-corrected chi connectivity index (χ0v) is 20.0. The highest BCUT2D eigenvalue weighted by atomic mass is 32.1. The summed E-state index contributed by atoms with van der Waals surface area (Å²) in [4.78, 5) is 21.9. The molecule has 0 saturated carbocycles. The number of thiophene rings is 1. The minimum Gasteiger partial charge on any atom is -0.454 e. The number of carbonyl (C=O) groups excluding carboxylic acids is 1. The van der Waals surface area contributed by atoms with E-state index in [4.69, 9.17) is 14.5 Å². The van der Waals surface area contributed by atoms with E-state index in [1.54, 1.807) is 40.9 Å². The summed E-state index contributed by atoms with van der Waals surface area (Å²) in [7, 11) is 0. The zero-order valence-electron chi connectivity index (χ0n) is 18.4. The highest BCUT2D eigenvalue weighted by Crippen LogP contribution is 2.46. The third-order valence-corrected chi connectivity index (χ3v) is 8.37. The Kier molecular flexibility index (Phi) is 5.09. The second-order valence-corrected chi connectivity index (χ2v) is 10.7. The van der Waals surface area contributed by atoms with Crippen molar-refractivity contribution in [1.29, 1.82) is 0 Å². The summed E-state index contributed by atoms with van der Waals surface area (Å²) in [5, 5.41) is 5.03. The van der Waals surface area contributed by atoms with Gasteiger partial charge < -0.3 is 14.8 Å². The Bertz CT molecular complexity index is 1340. The van der Waals surface area contributed by atoms with Gasteiger partial charge >= 0.3 is 0 Å². The maximum Gasteiger partial charge on any atom is 0.256 e. The Morgan fingerprint density at radius 3 is 2.82 bits per heavy atom. The number of fused-ring (bicyclic) bond motifs is 3. The van der Waals surface area contributed by atoms with Crippen molar-refractivity contribution in [3.63, 3.8) is 0 Å². The molecule has 2 aliphatic rings. The number of nitrogens with one attached hydrogen (secondary N) is 1. The Morgan fingerprint density at radius 2 is 1.97 bits per heavy atom. The lowest BCUT2D eigenvalue weighted by atomic mass is 10.0. The molecule has 1 amide bonds. The predicted molar refractivity (Wildman–Crippen MR) is 133 cm³/mol. The van der Waals surface area contributed by atoms with Gasteiger partial charge in [0.05, 0.1) is 10.2 Å². The normalized spacial score (nSPS) is 15.2. The van der Waals surface area contributed by atoms with Crippen molar-refractivity contribution in [2.24, 2.45) is 0 Å². The summed E-state index contributed by atoms with van der Waals surface area (Å²) >= 11 is 3.36. The number of nitrogens with zero attached hydrogens (tertiary/aromatic N) is 2. The Labute approximate surface area is 199 Å². The van der Waals surface area contributed by atoms with Crippen LogP contribution in [0.15, 0.2) is 42.5 Å². The second kappa shape index (κ2) is 8.13. The smallest absolute Gasteiger partial charge is 0.256 e. The van der Waals surface area contributed by atoms with Crippen LogP contribution in [0.1, 0.15) is 34.6 Å². The fraction of sp³-hybridized carbons (Fsp3) is 0.280. The standard InChI is InChI=1S/C25H23N3O3S2/c1-14(2)28-10-9-16-21(12-28)33-25(22(16)24-26-17-5-3-4-6-20(17)32-24)27-23(29)15-7-8-18-19(11-15)31-13-30-18/h3-8,11,14H,9-10,12-13H2,1-2H3,(H,27,29). The van der Waals surface area contributed by atoms with Crippen molar-refractivity contribution in [2.75, 3.05) is 18.7 Å². The number of amides is 1. The Hall–Kier alpha value is -2.94. The summed E-state index contributed by atoms with van der Waals surface area (Å²) in [5.41, 5.74) is 3.93. The first-order valence-corrected chi connectivity index (χ1v) is 12.7. The van der Waals surface area contributed by atoms with Crippen LogP contribution in [0.3, 0.4) is 0 Å². The number of hydrogen-bond donors (Lipinski definition) is 1. The molecule has 1 N–H and O–H groups in total. The Balaban J connectivity index is 1.40. The van der Waals surface area contributed by atoms with E-state index >= 15 is 0 Å². The summed E-state index contributed by atoms with van der Waals surface area (Å²) in [6.07, 6.45) is 0.954. The molecule has 0 saturated heterocycles. The molecule has 0 bridgehead atoms. The van der Waals surface area contributed by atoms with E-state index in [9.17, 15) is 4.79 Å². The van der Waals surface area contributed by atoms with Crippen LogP contribution < -0.4 is 14.8 Å². The average molecular weight is 478 g/mol. The van der Waals surface area contributed by atoms with Gasteiger partial charge in [0.2, 0.25) is 6.79 Å². The minimum atomic E-state index is -0.157. The van der Waals surface area contributed by atoms with E-state index in [2.05, 4.69) is 30.1 Å². The number of carbonyl (C=O) groups is 1. The van der Waals surface area contributed by atoms with Gasteiger partial charge in [0.15, 0.2) is 11.5 Å². The highest BCUT2D eigenvalue weighted by molar-refractivity contribution is 7.23. The molecule has 2 aliphatic heterocycles. The SMILES string of the molecule is CC(C)N1CCc2c(sc(NC(=O)c3ccc4c(c3)OCO4)c2-c2nc3ccccc3s2)C1. The van der Waals surface area contributed by atoms with Gasteiger partial charge in [-0.05, 0) is 56.2 Å². The van der Waals surface area contributed by atoms with Crippen molar-refractivity contribution in [2.45, 2.75) is 32.9 Å². The molecule has 6 nitrogen and oxygen atoms in total. The fourth-order valence-corrected chi connectivity index (χ4v) is 6.75. The molecule has 168 valence electrons. The van der Waals surface area contributed by atoms with Crippen LogP contribution in [0.5, 0.6) is 11.5 Å². The lowest BCUT2D eigenvalue weighted by Crippen LogP contribution is -2.35. The van der Waals surface area contributed by atoms with Gasteiger partial charge in [0.1, 0.15) is 10.0 Å². The van der Waals surface area contributed by atoms with Crippen LogP contribution in [0.25, 0.3) is 20.8 Å². The number of rotatable bonds is 4. The second-order valence-electron chi connectivity index (χ2n) is 8.53. The van der Waals surface area contributed by atoms with Crippen LogP contribution in [-0.2, 0) is 13.0 Å². The van der Waals surface area contributed by atoms with Gasteiger partial charge in [0, 0.05) is 35.1 Å². The number of benzene rings is 2. The molecule has 0 spiro atoms. The van der Waals surface area contributed by atoms with Gasteiger partial charge in [-0.15, -0.1) is 22.7 Å². The quantitative estimate of drug-likeness (QED) is 0.404.